The monoisotopic (exact) mass is 472 g/mol. The lowest BCUT2D eigenvalue weighted by molar-refractivity contribution is -0.137. The molecule has 2 aromatic carbocycles. The molecule has 2 N–H and O–H groups in total. The number of benzene rings is 2. The summed E-state index contributed by atoms with van der Waals surface area (Å²) < 4.78 is 15.6. The van der Waals surface area contributed by atoms with Crippen LogP contribution in [0, 0.1) is 12.7 Å². The molecule has 0 saturated heterocycles. The Morgan fingerprint density at radius 2 is 2.03 bits per heavy atom. The van der Waals surface area contributed by atoms with Gasteiger partial charge in [0.1, 0.15) is 12.4 Å². The summed E-state index contributed by atoms with van der Waals surface area (Å²) in [6, 6.07) is 9.16. The Morgan fingerprint density at radius 3 is 2.73 bits per heavy atom. The second-order valence-electron chi connectivity index (χ2n) is 8.02. The molecule has 8 nitrogen and oxygen atoms in total. The molecule has 0 unspecified atom stereocenters. The lowest BCUT2D eigenvalue weighted by Gasteiger charge is -2.22. The highest BCUT2D eigenvalue weighted by molar-refractivity contribution is 6.30. The van der Waals surface area contributed by atoms with Gasteiger partial charge in [0.25, 0.3) is 0 Å². The summed E-state index contributed by atoms with van der Waals surface area (Å²) in [5.74, 6) is -2.29. The van der Waals surface area contributed by atoms with Crippen LogP contribution >= 0.6 is 11.6 Å². The maximum absolute atomic E-state index is 14.0. The standard InChI is InChI=1S/C23H22ClFN4O4/c1-13-17-9-14(23(32)33)5-8-19(17)29(27-13)12-21(31)28(16-6-7-16)11-20(30)26-10-15-3-2-4-18(24)22(15)25/h2-5,8-9,16H,6-7,10-12H2,1H3,(H,26,30)(H,32,33). The Labute approximate surface area is 193 Å². The molecule has 3 aromatic rings. The van der Waals surface area contributed by atoms with Crippen LogP contribution in [0.5, 0.6) is 0 Å². The number of hydrogen-bond donors (Lipinski definition) is 2. The first-order chi connectivity index (χ1) is 15.7. The number of halogens is 2. The van der Waals surface area contributed by atoms with Crippen molar-refractivity contribution in [2.75, 3.05) is 6.54 Å². The Balaban J connectivity index is 1.44. The summed E-state index contributed by atoms with van der Waals surface area (Å²) in [4.78, 5) is 38.3. The minimum atomic E-state index is -1.04. The van der Waals surface area contributed by atoms with E-state index in [0.29, 0.717) is 16.6 Å². The maximum Gasteiger partial charge on any atom is 0.335 e. The number of rotatable bonds is 8. The van der Waals surface area contributed by atoms with E-state index in [1.807, 2.05) is 0 Å². The quantitative estimate of drug-likeness (QED) is 0.524. The number of hydrogen-bond acceptors (Lipinski definition) is 4. The highest BCUT2D eigenvalue weighted by Crippen LogP contribution is 2.27. The van der Waals surface area contributed by atoms with E-state index < -0.39 is 17.7 Å². The lowest BCUT2D eigenvalue weighted by atomic mass is 10.1. The van der Waals surface area contributed by atoms with Gasteiger partial charge in [0.2, 0.25) is 11.8 Å². The summed E-state index contributed by atoms with van der Waals surface area (Å²) in [6.07, 6.45) is 1.62. The van der Waals surface area contributed by atoms with Crippen molar-refractivity contribution in [1.29, 1.82) is 0 Å². The van der Waals surface area contributed by atoms with Gasteiger partial charge in [-0.3, -0.25) is 14.3 Å². The second-order valence-corrected chi connectivity index (χ2v) is 8.43. The van der Waals surface area contributed by atoms with Gasteiger partial charge < -0.3 is 15.3 Å². The number of aromatic carboxylic acids is 1. The molecule has 1 aromatic heterocycles. The van der Waals surface area contributed by atoms with Crippen LogP contribution in [-0.4, -0.2) is 50.2 Å². The van der Waals surface area contributed by atoms with Crippen LogP contribution in [0.4, 0.5) is 4.39 Å². The summed E-state index contributed by atoms with van der Waals surface area (Å²) in [6.45, 7) is 1.49. The van der Waals surface area contributed by atoms with Crippen LogP contribution in [0.2, 0.25) is 5.02 Å². The fraction of sp³-hybridized carbons (Fsp3) is 0.304. The first-order valence-corrected chi connectivity index (χ1v) is 10.8. The topological polar surface area (TPSA) is 105 Å². The van der Waals surface area contributed by atoms with Crippen LogP contribution in [0.15, 0.2) is 36.4 Å². The number of carboxylic acid groups (broad SMARTS) is 1. The number of carbonyl (C=O) groups is 3. The number of fused-ring (bicyclic) bond motifs is 1. The van der Waals surface area contributed by atoms with Crippen molar-refractivity contribution in [3.8, 4) is 0 Å². The van der Waals surface area contributed by atoms with Crippen molar-refractivity contribution in [3.05, 3.63) is 64.1 Å². The van der Waals surface area contributed by atoms with Crippen molar-refractivity contribution < 1.29 is 23.9 Å². The molecule has 0 spiro atoms. The average molecular weight is 473 g/mol. The van der Waals surface area contributed by atoms with Crippen LogP contribution in [-0.2, 0) is 22.7 Å². The second kappa shape index (κ2) is 9.19. The van der Waals surface area contributed by atoms with Crippen molar-refractivity contribution in [2.24, 2.45) is 0 Å². The normalized spacial score (nSPS) is 13.2. The Hall–Kier alpha value is -3.46. The fourth-order valence-corrected chi connectivity index (χ4v) is 3.90. The molecule has 1 aliphatic carbocycles. The molecule has 0 aliphatic heterocycles. The molecular formula is C23H22ClFN4O4. The fourth-order valence-electron chi connectivity index (χ4n) is 3.71. The third kappa shape index (κ3) is 4.98. The van der Waals surface area contributed by atoms with E-state index in [2.05, 4.69) is 10.4 Å². The molecule has 1 heterocycles. The molecule has 1 fully saturated rings. The Kier molecular flexibility index (Phi) is 6.33. The van der Waals surface area contributed by atoms with Gasteiger partial charge in [0.05, 0.1) is 28.3 Å². The van der Waals surface area contributed by atoms with Gasteiger partial charge in [-0.15, -0.1) is 0 Å². The van der Waals surface area contributed by atoms with E-state index in [0.717, 1.165) is 12.8 Å². The van der Waals surface area contributed by atoms with Gasteiger partial charge in [0.15, 0.2) is 0 Å². The van der Waals surface area contributed by atoms with E-state index in [-0.39, 0.29) is 47.7 Å². The molecule has 1 aliphatic rings. The highest BCUT2D eigenvalue weighted by Gasteiger charge is 2.34. The van der Waals surface area contributed by atoms with Gasteiger partial charge in [0, 0.05) is 23.5 Å². The minimum Gasteiger partial charge on any atom is -0.478 e. The molecule has 0 atom stereocenters. The van der Waals surface area contributed by atoms with Crippen molar-refractivity contribution >= 4 is 40.3 Å². The highest BCUT2D eigenvalue weighted by atomic mass is 35.5. The zero-order chi connectivity index (χ0) is 23.7. The minimum absolute atomic E-state index is 0.0197. The first kappa shape index (κ1) is 22.7. The van der Waals surface area contributed by atoms with Crippen LogP contribution in [0.25, 0.3) is 10.9 Å². The number of aromatic nitrogens is 2. The summed E-state index contributed by atoms with van der Waals surface area (Å²) in [5.41, 5.74) is 1.66. The number of aryl methyl sites for hydroxylation is 1. The first-order valence-electron chi connectivity index (χ1n) is 10.4. The van der Waals surface area contributed by atoms with Crippen molar-refractivity contribution in [1.82, 2.24) is 20.0 Å². The Morgan fingerprint density at radius 1 is 1.27 bits per heavy atom. The largest absolute Gasteiger partial charge is 0.478 e. The molecule has 33 heavy (non-hydrogen) atoms. The van der Waals surface area contributed by atoms with Crippen molar-refractivity contribution in [3.63, 3.8) is 0 Å². The van der Waals surface area contributed by atoms with Crippen LogP contribution in [0.1, 0.15) is 34.5 Å². The molecule has 1 saturated carbocycles. The summed E-state index contributed by atoms with van der Waals surface area (Å²) in [7, 11) is 0. The van der Waals surface area contributed by atoms with E-state index in [1.54, 1.807) is 19.1 Å². The number of carboxylic acids is 1. The lowest BCUT2D eigenvalue weighted by Crippen LogP contribution is -2.43. The van der Waals surface area contributed by atoms with Crippen molar-refractivity contribution in [2.45, 2.75) is 38.9 Å². The van der Waals surface area contributed by atoms with E-state index in [4.69, 9.17) is 11.6 Å². The molecule has 0 radical (unpaired) electrons. The molecule has 172 valence electrons. The Bertz CT molecular complexity index is 1250. The average Bonchev–Trinajstić information content (AvgIpc) is 3.57. The zero-order valence-electron chi connectivity index (χ0n) is 17.8. The molecule has 2 amide bonds. The molecule has 0 bridgehead atoms. The van der Waals surface area contributed by atoms with Gasteiger partial charge in [-0.1, -0.05) is 23.7 Å². The number of amides is 2. The third-order valence-corrected chi connectivity index (χ3v) is 5.89. The van der Waals surface area contributed by atoms with Crippen LogP contribution in [0.3, 0.4) is 0 Å². The van der Waals surface area contributed by atoms with Crippen LogP contribution < -0.4 is 5.32 Å². The number of nitrogens with one attached hydrogen (secondary N) is 1. The van der Waals surface area contributed by atoms with E-state index in [9.17, 15) is 23.9 Å². The van der Waals surface area contributed by atoms with Gasteiger partial charge >= 0.3 is 5.97 Å². The SMILES string of the molecule is Cc1nn(CC(=O)N(CC(=O)NCc2cccc(Cl)c2F)C2CC2)c2ccc(C(=O)O)cc12. The predicted octanol–water partition coefficient (Wildman–Crippen LogP) is 3.14. The van der Waals surface area contributed by atoms with Gasteiger partial charge in [-0.2, -0.15) is 5.10 Å². The molecular weight excluding hydrogens is 451 g/mol. The predicted molar refractivity (Wildman–Crippen MR) is 119 cm³/mol. The number of carbonyl (C=O) groups excluding carboxylic acids is 2. The number of nitrogens with zero attached hydrogens (tertiary/aromatic N) is 3. The van der Waals surface area contributed by atoms with E-state index >= 15 is 0 Å². The zero-order valence-corrected chi connectivity index (χ0v) is 18.6. The van der Waals surface area contributed by atoms with Gasteiger partial charge in [-0.25, -0.2) is 9.18 Å². The third-order valence-electron chi connectivity index (χ3n) is 5.60. The van der Waals surface area contributed by atoms with E-state index in [1.165, 1.54) is 33.8 Å². The smallest absolute Gasteiger partial charge is 0.335 e. The van der Waals surface area contributed by atoms with Gasteiger partial charge in [-0.05, 0) is 44.0 Å². The molecule has 10 heteroatoms. The summed E-state index contributed by atoms with van der Waals surface area (Å²) in [5, 5.41) is 16.9. The molecule has 4 rings (SSSR count). The maximum atomic E-state index is 14.0. The summed E-state index contributed by atoms with van der Waals surface area (Å²) >= 11 is 5.77.